The molecule has 20 heavy (non-hydrogen) atoms. The van der Waals surface area contributed by atoms with E-state index in [1.54, 1.807) is 0 Å². The van der Waals surface area contributed by atoms with Gasteiger partial charge in [0.1, 0.15) is 0 Å². The van der Waals surface area contributed by atoms with Gasteiger partial charge in [0.25, 0.3) is 0 Å². The van der Waals surface area contributed by atoms with Gasteiger partial charge >= 0.3 is 0 Å². The van der Waals surface area contributed by atoms with Gasteiger partial charge in [0, 0.05) is 17.0 Å². The van der Waals surface area contributed by atoms with Crippen molar-refractivity contribution in [3.63, 3.8) is 0 Å². The Morgan fingerprint density at radius 1 is 1.35 bits per heavy atom. The van der Waals surface area contributed by atoms with E-state index >= 15 is 0 Å². The predicted octanol–water partition coefficient (Wildman–Crippen LogP) is 3.28. The molecule has 1 amide bonds. The number of nitrogens with one attached hydrogen (secondary N) is 1. The second kappa shape index (κ2) is 6.59. The van der Waals surface area contributed by atoms with Crippen molar-refractivity contribution in [1.29, 1.82) is 0 Å². The van der Waals surface area contributed by atoms with Crippen LogP contribution < -0.4 is 11.1 Å². The molecule has 0 saturated heterocycles. The molecule has 3 N–H and O–H groups in total. The van der Waals surface area contributed by atoms with Crippen molar-refractivity contribution in [3.8, 4) is 0 Å². The largest absolute Gasteiger partial charge is 0.349 e. The summed E-state index contributed by atoms with van der Waals surface area (Å²) in [7, 11) is 0. The second-order valence-electron chi connectivity index (χ2n) is 6.02. The number of hydrogen-bond donors (Lipinski definition) is 2. The molecule has 4 heteroatoms. The van der Waals surface area contributed by atoms with Crippen LogP contribution in [0.1, 0.15) is 44.7 Å². The first-order valence-corrected chi connectivity index (χ1v) is 7.67. The third-order valence-electron chi connectivity index (χ3n) is 4.05. The number of halogens is 1. The maximum absolute atomic E-state index is 12.4. The molecule has 3 atom stereocenters. The zero-order valence-electron chi connectivity index (χ0n) is 12.1. The minimum absolute atomic E-state index is 0.0481. The molecule has 110 valence electrons. The van der Waals surface area contributed by atoms with Crippen LogP contribution in [0.15, 0.2) is 24.3 Å². The highest BCUT2D eigenvalue weighted by molar-refractivity contribution is 6.31. The van der Waals surface area contributed by atoms with Gasteiger partial charge in [0.15, 0.2) is 0 Å². The number of amides is 1. The van der Waals surface area contributed by atoms with Gasteiger partial charge < -0.3 is 11.1 Å². The standard InChI is InChI=1S/C16H23ClN2O/c1-10(2)15(13-5-3-4-6-14(13)17)19-16(20)11-7-8-12(18)9-11/h3-6,10-12,15H,7-9,18H2,1-2H3,(H,19,20). The lowest BCUT2D eigenvalue weighted by molar-refractivity contribution is -0.125. The Morgan fingerprint density at radius 3 is 2.60 bits per heavy atom. The summed E-state index contributed by atoms with van der Waals surface area (Å²) in [6, 6.07) is 7.82. The Labute approximate surface area is 125 Å². The normalized spacial score (nSPS) is 23.9. The molecule has 1 saturated carbocycles. The van der Waals surface area contributed by atoms with Gasteiger partial charge in [-0.3, -0.25) is 4.79 Å². The lowest BCUT2D eigenvalue weighted by atomic mass is 9.94. The molecule has 1 aromatic rings. The molecule has 1 fully saturated rings. The zero-order valence-corrected chi connectivity index (χ0v) is 12.9. The number of nitrogens with two attached hydrogens (primary N) is 1. The van der Waals surface area contributed by atoms with Crippen LogP contribution in [0.5, 0.6) is 0 Å². The summed E-state index contributed by atoms with van der Waals surface area (Å²) in [4.78, 5) is 12.4. The monoisotopic (exact) mass is 294 g/mol. The molecule has 0 heterocycles. The fourth-order valence-electron chi connectivity index (χ4n) is 2.86. The molecular formula is C16H23ClN2O. The summed E-state index contributed by atoms with van der Waals surface area (Å²) in [5, 5.41) is 3.86. The number of carbonyl (C=O) groups is 1. The van der Waals surface area contributed by atoms with E-state index in [0.29, 0.717) is 5.02 Å². The molecule has 2 rings (SSSR count). The van der Waals surface area contributed by atoms with E-state index in [0.717, 1.165) is 24.8 Å². The predicted molar refractivity (Wildman–Crippen MR) is 82.5 cm³/mol. The highest BCUT2D eigenvalue weighted by Crippen LogP contribution is 2.30. The van der Waals surface area contributed by atoms with Crippen molar-refractivity contribution >= 4 is 17.5 Å². The fraction of sp³-hybridized carbons (Fsp3) is 0.562. The van der Waals surface area contributed by atoms with Crippen molar-refractivity contribution in [1.82, 2.24) is 5.32 Å². The highest BCUT2D eigenvalue weighted by atomic mass is 35.5. The molecule has 0 aromatic heterocycles. The molecule has 1 aliphatic carbocycles. The lowest BCUT2D eigenvalue weighted by Crippen LogP contribution is -2.36. The van der Waals surface area contributed by atoms with Crippen LogP contribution in [0.4, 0.5) is 0 Å². The van der Waals surface area contributed by atoms with Crippen LogP contribution >= 0.6 is 11.6 Å². The quantitative estimate of drug-likeness (QED) is 0.895. The summed E-state index contributed by atoms with van der Waals surface area (Å²) < 4.78 is 0. The fourth-order valence-corrected chi connectivity index (χ4v) is 3.11. The Hall–Kier alpha value is -1.06. The molecule has 1 aromatic carbocycles. The first-order valence-electron chi connectivity index (χ1n) is 7.29. The van der Waals surface area contributed by atoms with Crippen LogP contribution in [0.25, 0.3) is 0 Å². The topological polar surface area (TPSA) is 55.1 Å². The van der Waals surface area contributed by atoms with E-state index in [1.807, 2.05) is 24.3 Å². The van der Waals surface area contributed by atoms with Gasteiger partial charge in [-0.15, -0.1) is 0 Å². The Morgan fingerprint density at radius 2 is 2.05 bits per heavy atom. The summed E-state index contributed by atoms with van der Waals surface area (Å²) >= 11 is 6.26. The summed E-state index contributed by atoms with van der Waals surface area (Å²) in [5.74, 6) is 0.444. The average molecular weight is 295 g/mol. The summed E-state index contributed by atoms with van der Waals surface area (Å²) in [6.07, 6.45) is 2.62. The van der Waals surface area contributed by atoms with Crippen LogP contribution in [0.3, 0.4) is 0 Å². The van der Waals surface area contributed by atoms with E-state index in [2.05, 4.69) is 19.2 Å². The first-order chi connectivity index (χ1) is 9.49. The van der Waals surface area contributed by atoms with Crippen LogP contribution in [-0.2, 0) is 4.79 Å². The van der Waals surface area contributed by atoms with Crippen molar-refractivity contribution < 1.29 is 4.79 Å². The molecule has 0 aliphatic heterocycles. The molecule has 0 spiro atoms. The Kier molecular flexibility index (Phi) is 5.06. The average Bonchev–Trinajstić information content (AvgIpc) is 2.83. The third kappa shape index (κ3) is 3.53. The highest BCUT2D eigenvalue weighted by Gasteiger charge is 2.30. The van der Waals surface area contributed by atoms with Crippen LogP contribution in [0, 0.1) is 11.8 Å². The summed E-state index contributed by atoms with van der Waals surface area (Å²) in [5.41, 5.74) is 6.87. The van der Waals surface area contributed by atoms with Gasteiger partial charge in [0.2, 0.25) is 5.91 Å². The maximum Gasteiger partial charge on any atom is 0.223 e. The van der Waals surface area contributed by atoms with E-state index in [-0.39, 0.29) is 29.8 Å². The smallest absolute Gasteiger partial charge is 0.223 e. The van der Waals surface area contributed by atoms with E-state index in [1.165, 1.54) is 0 Å². The van der Waals surface area contributed by atoms with Gasteiger partial charge in [-0.1, -0.05) is 43.6 Å². The molecule has 3 unspecified atom stereocenters. The maximum atomic E-state index is 12.4. The Bertz CT molecular complexity index is 475. The SMILES string of the molecule is CC(C)C(NC(=O)C1CCC(N)C1)c1ccccc1Cl. The minimum Gasteiger partial charge on any atom is -0.349 e. The van der Waals surface area contributed by atoms with Gasteiger partial charge in [0.05, 0.1) is 6.04 Å². The molecule has 0 radical (unpaired) electrons. The first kappa shape index (κ1) is 15.3. The minimum atomic E-state index is -0.0481. The molecule has 3 nitrogen and oxygen atoms in total. The third-order valence-corrected chi connectivity index (χ3v) is 4.39. The summed E-state index contributed by atoms with van der Waals surface area (Å²) in [6.45, 7) is 4.18. The lowest BCUT2D eigenvalue weighted by Gasteiger charge is -2.25. The van der Waals surface area contributed by atoms with E-state index in [4.69, 9.17) is 17.3 Å². The number of benzene rings is 1. The van der Waals surface area contributed by atoms with Gasteiger partial charge in [-0.05, 0) is 36.8 Å². The molecule has 1 aliphatic rings. The number of carbonyl (C=O) groups excluding carboxylic acids is 1. The van der Waals surface area contributed by atoms with Crippen molar-refractivity contribution in [2.24, 2.45) is 17.6 Å². The van der Waals surface area contributed by atoms with Crippen molar-refractivity contribution in [2.75, 3.05) is 0 Å². The molecular weight excluding hydrogens is 272 g/mol. The second-order valence-corrected chi connectivity index (χ2v) is 6.43. The van der Waals surface area contributed by atoms with E-state index in [9.17, 15) is 4.79 Å². The zero-order chi connectivity index (χ0) is 14.7. The van der Waals surface area contributed by atoms with Gasteiger partial charge in [-0.25, -0.2) is 0 Å². The number of rotatable bonds is 4. The van der Waals surface area contributed by atoms with Gasteiger partial charge in [-0.2, -0.15) is 0 Å². The Balaban J connectivity index is 2.10. The van der Waals surface area contributed by atoms with Crippen molar-refractivity contribution in [3.05, 3.63) is 34.9 Å². The van der Waals surface area contributed by atoms with Crippen LogP contribution in [0.2, 0.25) is 5.02 Å². The number of hydrogen-bond acceptors (Lipinski definition) is 2. The van der Waals surface area contributed by atoms with Crippen LogP contribution in [-0.4, -0.2) is 11.9 Å². The van der Waals surface area contributed by atoms with E-state index < -0.39 is 0 Å². The van der Waals surface area contributed by atoms with Crippen molar-refractivity contribution in [2.45, 2.75) is 45.2 Å². The molecule has 0 bridgehead atoms.